The molecule has 0 aliphatic rings. The Labute approximate surface area is 164 Å². The smallest absolute Gasteiger partial charge is 0.262 e. The molecule has 3 aromatic heterocycles. The summed E-state index contributed by atoms with van der Waals surface area (Å²) in [5.74, 6) is 0.407. The molecule has 0 spiro atoms. The molecule has 4 aromatic rings. The molecule has 1 aromatic carbocycles. The predicted octanol–water partition coefficient (Wildman–Crippen LogP) is 2.08. The highest BCUT2D eigenvalue weighted by Gasteiger charge is 2.12. The fraction of sp³-hybridized carbons (Fsp3) is 0.200. The standard InChI is InChI=1S/C20H18N4O3S/c25-11-5-10-24-19(27)15-6-1-2-7-16(15)22-20(24)28-13-14-12-18(26)23-9-4-3-8-17(23)21-14/h1-4,6-9,12,25H,5,10-11,13H2. The predicted molar refractivity (Wildman–Crippen MR) is 109 cm³/mol. The first kappa shape index (κ1) is 18.4. The lowest BCUT2D eigenvalue weighted by Gasteiger charge is -2.12. The average Bonchev–Trinajstić information content (AvgIpc) is 2.72. The third-order valence-electron chi connectivity index (χ3n) is 4.34. The second-order valence-corrected chi connectivity index (χ2v) is 7.19. The lowest BCUT2D eigenvalue weighted by molar-refractivity contribution is 0.276. The van der Waals surface area contributed by atoms with Gasteiger partial charge in [0.2, 0.25) is 0 Å². The van der Waals surface area contributed by atoms with Crippen molar-refractivity contribution < 1.29 is 5.11 Å². The van der Waals surface area contributed by atoms with E-state index in [1.54, 1.807) is 41.1 Å². The van der Waals surface area contributed by atoms with Gasteiger partial charge in [-0.15, -0.1) is 0 Å². The summed E-state index contributed by atoms with van der Waals surface area (Å²) in [6, 6.07) is 14.1. The SMILES string of the molecule is O=c1c2ccccc2nc(SCc2cc(=O)n3ccccc3n2)n1CCCO. The number of pyridine rings is 1. The molecule has 7 nitrogen and oxygen atoms in total. The van der Waals surface area contributed by atoms with Crippen LogP contribution < -0.4 is 11.1 Å². The quantitative estimate of drug-likeness (QED) is 0.398. The second-order valence-electron chi connectivity index (χ2n) is 6.25. The Bertz CT molecular complexity index is 1270. The van der Waals surface area contributed by atoms with E-state index in [1.165, 1.54) is 22.2 Å². The number of rotatable bonds is 6. The maximum Gasteiger partial charge on any atom is 0.262 e. The number of benzene rings is 1. The molecule has 0 fully saturated rings. The highest BCUT2D eigenvalue weighted by Crippen LogP contribution is 2.21. The lowest BCUT2D eigenvalue weighted by atomic mass is 10.2. The first-order valence-electron chi connectivity index (χ1n) is 8.88. The maximum absolute atomic E-state index is 12.9. The number of aliphatic hydroxyl groups is 1. The highest BCUT2D eigenvalue weighted by atomic mass is 32.2. The molecule has 28 heavy (non-hydrogen) atoms. The Morgan fingerprint density at radius 1 is 1.04 bits per heavy atom. The van der Waals surface area contributed by atoms with E-state index in [0.717, 1.165) is 0 Å². The van der Waals surface area contributed by atoms with Crippen LogP contribution in [-0.2, 0) is 12.3 Å². The zero-order valence-corrected chi connectivity index (χ0v) is 15.8. The molecule has 3 heterocycles. The van der Waals surface area contributed by atoms with Crippen LogP contribution >= 0.6 is 11.8 Å². The molecule has 0 aliphatic heterocycles. The Balaban J connectivity index is 1.71. The minimum Gasteiger partial charge on any atom is -0.396 e. The molecule has 1 N–H and O–H groups in total. The van der Waals surface area contributed by atoms with Crippen LogP contribution in [0.25, 0.3) is 16.6 Å². The first-order chi connectivity index (χ1) is 13.7. The molecule has 142 valence electrons. The van der Waals surface area contributed by atoms with E-state index in [-0.39, 0.29) is 17.7 Å². The van der Waals surface area contributed by atoms with Crippen molar-refractivity contribution in [1.82, 2.24) is 18.9 Å². The van der Waals surface area contributed by atoms with E-state index in [4.69, 9.17) is 0 Å². The van der Waals surface area contributed by atoms with Crippen LogP contribution in [0.1, 0.15) is 12.1 Å². The Morgan fingerprint density at radius 2 is 1.86 bits per heavy atom. The summed E-state index contributed by atoms with van der Waals surface area (Å²) < 4.78 is 3.07. The van der Waals surface area contributed by atoms with E-state index in [0.29, 0.717) is 46.1 Å². The average molecular weight is 394 g/mol. The molecule has 0 aliphatic carbocycles. The zero-order chi connectivity index (χ0) is 19.5. The van der Waals surface area contributed by atoms with Gasteiger partial charge in [-0.2, -0.15) is 0 Å². The van der Waals surface area contributed by atoms with Gasteiger partial charge in [0.15, 0.2) is 5.16 Å². The van der Waals surface area contributed by atoms with E-state index >= 15 is 0 Å². The largest absolute Gasteiger partial charge is 0.396 e. The molecule has 4 rings (SSSR count). The number of hydrogen-bond acceptors (Lipinski definition) is 6. The molecule has 0 bridgehead atoms. The highest BCUT2D eigenvalue weighted by molar-refractivity contribution is 7.98. The van der Waals surface area contributed by atoms with Gasteiger partial charge in [-0.05, 0) is 30.7 Å². The monoisotopic (exact) mass is 394 g/mol. The number of nitrogens with zero attached hydrogens (tertiary/aromatic N) is 4. The van der Waals surface area contributed by atoms with Gasteiger partial charge >= 0.3 is 0 Å². The molecule has 0 unspecified atom stereocenters. The molecular formula is C20H18N4O3S. The number of thioether (sulfide) groups is 1. The van der Waals surface area contributed by atoms with Crippen molar-refractivity contribution in [2.45, 2.75) is 23.9 Å². The molecular weight excluding hydrogens is 376 g/mol. The van der Waals surface area contributed by atoms with Gasteiger partial charge in [0.1, 0.15) is 5.65 Å². The van der Waals surface area contributed by atoms with Crippen molar-refractivity contribution in [3.63, 3.8) is 0 Å². The summed E-state index contributed by atoms with van der Waals surface area (Å²) in [7, 11) is 0. The zero-order valence-electron chi connectivity index (χ0n) is 15.0. The van der Waals surface area contributed by atoms with E-state index in [2.05, 4.69) is 9.97 Å². The number of hydrogen-bond donors (Lipinski definition) is 1. The minimum atomic E-state index is -0.148. The fourth-order valence-electron chi connectivity index (χ4n) is 3.00. The molecule has 0 atom stereocenters. The van der Waals surface area contributed by atoms with Gasteiger partial charge in [-0.3, -0.25) is 18.6 Å². The topological polar surface area (TPSA) is 89.5 Å². The van der Waals surface area contributed by atoms with Gasteiger partial charge < -0.3 is 5.11 Å². The number of para-hydroxylation sites is 1. The summed E-state index contributed by atoms with van der Waals surface area (Å²) in [4.78, 5) is 34.3. The molecule has 8 heteroatoms. The number of fused-ring (bicyclic) bond motifs is 2. The van der Waals surface area contributed by atoms with Crippen molar-refractivity contribution in [2.24, 2.45) is 0 Å². The fourth-order valence-corrected chi connectivity index (χ4v) is 3.92. The molecule has 0 saturated carbocycles. The van der Waals surface area contributed by atoms with Crippen LogP contribution in [0.3, 0.4) is 0 Å². The summed E-state index contributed by atoms with van der Waals surface area (Å²) >= 11 is 1.36. The second kappa shape index (κ2) is 7.95. The van der Waals surface area contributed by atoms with Crippen molar-refractivity contribution in [3.05, 3.63) is 81.1 Å². The van der Waals surface area contributed by atoms with Gasteiger partial charge in [0.05, 0.1) is 16.6 Å². The lowest BCUT2D eigenvalue weighted by Crippen LogP contribution is -2.24. The van der Waals surface area contributed by atoms with Crippen molar-refractivity contribution in [1.29, 1.82) is 0 Å². The van der Waals surface area contributed by atoms with Crippen LogP contribution in [0.4, 0.5) is 0 Å². The van der Waals surface area contributed by atoms with Crippen LogP contribution in [0.2, 0.25) is 0 Å². The summed E-state index contributed by atoms with van der Waals surface area (Å²) in [6.45, 7) is 0.371. The Morgan fingerprint density at radius 3 is 2.71 bits per heavy atom. The third-order valence-corrected chi connectivity index (χ3v) is 5.35. The van der Waals surface area contributed by atoms with Crippen LogP contribution in [0.5, 0.6) is 0 Å². The normalized spacial score (nSPS) is 11.3. The van der Waals surface area contributed by atoms with Crippen LogP contribution in [-0.4, -0.2) is 30.6 Å². The molecule has 0 saturated heterocycles. The van der Waals surface area contributed by atoms with Crippen molar-refractivity contribution in [3.8, 4) is 0 Å². The van der Waals surface area contributed by atoms with Gasteiger partial charge in [-0.25, -0.2) is 9.97 Å². The van der Waals surface area contributed by atoms with Crippen LogP contribution in [0.15, 0.2) is 69.5 Å². The van der Waals surface area contributed by atoms with E-state index in [9.17, 15) is 14.7 Å². The minimum absolute atomic E-state index is 0.00757. The van der Waals surface area contributed by atoms with Gasteiger partial charge in [-0.1, -0.05) is 30.0 Å². The first-order valence-corrected chi connectivity index (χ1v) is 9.86. The van der Waals surface area contributed by atoms with Crippen molar-refractivity contribution >= 4 is 28.3 Å². The van der Waals surface area contributed by atoms with E-state index in [1.807, 2.05) is 12.1 Å². The molecule has 0 radical (unpaired) electrons. The number of aliphatic hydroxyl groups excluding tert-OH is 1. The summed E-state index contributed by atoms with van der Waals surface area (Å²) in [5.41, 5.74) is 1.55. The van der Waals surface area contributed by atoms with Crippen molar-refractivity contribution in [2.75, 3.05) is 6.61 Å². The van der Waals surface area contributed by atoms with Gasteiger partial charge in [0.25, 0.3) is 11.1 Å². The maximum atomic E-state index is 12.9. The summed E-state index contributed by atoms with van der Waals surface area (Å²) in [5, 5.41) is 10.3. The number of aromatic nitrogens is 4. The Hall–Kier alpha value is -2.97. The third kappa shape index (κ3) is 3.56. The van der Waals surface area contributed by atoms with Crippen LogP contribution in [0, 0.1) is 0 Å². The Kier molecular flexibility index (Phi) is 5.23. The van der Waals surface area contributed by atoms with Gasteiger partial charge in [0, 0.05) is 31.2 Å². The molecule has 0 amide bonds. The van der Waals surface area contributed by atoms with E-state index < -0.39 is 0 Å². The summed E-state index contributed by atoms with van der Waals surface area (Å²) in [6.07, 6.45) is 2.14.